The van der Waals surface area contributed by atoms with E-state index in [1.807, 2.05) is 18.2 Å². The lowest BCUT2D eigenvalue weighted by Crippen LogP contribution is -2.37. The van der Waals surface area contributed by atoms with E-state index in [-0.39, 0.29) is 5.75 Å². The summed E-state index contributed by atoms with van der Waals surface area (Å²) in [4.78, 5) is 0. The van der Waals surface area contributed by atoms with Gasteiger partial charge in [0.1, 0.15) is 0 Å². The van der Waals surface area contributed by atoms with E-state index in [1.165, 1.54) is 5.56 Å². The number of sulfonamides is 1. The van der Waals surface area contributed by atoms with Crippen molar-refractivity contribution >= 4 is 10.0 Å². The van der Waals surface area contributed by atoms with Crippen molar-refractivity contribution in [1.29, 1.82) is 0 Å². The zero-order valence-corrected chi connectivity index (χ0v) is 10.8. The second-order valence-electron chi connectivity index (χ2n) is 4.57. The van der Waals surface area contributed by atoms with Crippen LogP contribution in [0.4, 0.5) is 0 Å². The summed E-state index contributed by atoms with van der Waals surface area (Å²) in [6.07, 6.45) is 0.797. The van der Waals surface area contributed by atoms with Crippen molar-refractivity contribution in [2.75, 3.05) is 12.3 Å². The zero-order valence-electron chi connectivity index (χ0n) is 10.0. The standard InChI is InChI=1S/C13H17NO2S/c1-11(2)10-17(15,16)14-8-7-12-5-3-4-6-13(12)9-14/h3-6H,1,7-10H2,2H3. The highest BCUT2D eigenvalue weighted by Gasteiger charge is 2.26. The SMILES string of the molecule is C=C(C)CS(=O)(=O)N1CCc2ccccc2C1. The molecule has 0 atom stereocenters. The molecule has 92 valence electrons. The number of hydrogen-bond donors (Lipinski definition) is 0. The molecule has 0 N–H and O–H groups in total. The third-order valence-corrected chi connectivity index (χ3v) is 4.87. The van der Waals surface area contributed by atoms with Crippen molar-refractivity contribution in [1.82, 2.24) is 4.31 Å². The number of fused-ring (bicyclic) bond motifs is 1. The van der Waals surface area contributed by atoms with Gasteiger partial charge >= 0.3 is 0 Å². The number of rotatable bonds is 3. The molecule has 0 bridgehead atoms. The van der Waals surface area contributed by atoms with Gasteiger partial charge in [-0.2, -0.15) is 4.31 Å². The molecule has 17 heavy (non-hydrogen) atoms. The average Bonchev–Trinajstić information content (AvgIpc) is 2.26. The Morgan fingerprint density at radius 3 is 2.65 bits per heavy atom. The van der Waals surface area contributed by atoms with Crippen molar-refractivity contribution in [3.63, 3.8) is 0 Å². The van der Waals surface area contributed by atoms with E-state index in [0.29, 0.717) is 18.7 Å². The van der Waals surface area contributed by atoms with Gasteiger partial charge in [0.15, 0.2) is 0 Å². The third-order valence-electron chi connectivity index (χ3n) is 2.92. The van der Waals surface area contributed by atoms with Crippen molar-refractivity contribution < 1.29 is 8.42 Å². The molecule has 1 heterocycles. The zero-order chi connectivity index (χ0) is 12.5. The highest BCUT2D eigenvalue weighted by atomic mass is 32.2. The maximum absolute atomic E-state index is 12.1. The smallest absolute Gasteiger partial charge is 0.212 e. The molecule has 0 saturated carbocycles. The van der Waals surface area contributed by atoms with E-state index in [4.69, 9.17) is 0 Å². The fourth-order valence-corrected chi connectivity index (χ4v) is 3.62. The molecular weight excluding hydrogens is 234 g/mol. The van der Waals surface area contributed by atoms with Crippen LogP contribution in [0.25, 0.3) is 0 Å². The van der Waals surface area contributed by atoms with Crippen LogP contribution in [0.2, 0.25) is 0 Å². The Morgan fingerprint density at radius 2 is 2.00 bits per heavy atom. The minimum atomic E-state index is -3.19. The highest BCUT2D eigenvalue weighted by Crippen LogP contribution is 2.21. The van der Waals surface area contributed by atoms with Gasteiger partial charge in [-0.25, -0.2) is 8.42 Å². The van der Waals surface area contributed by atoms with Crippen LogP contribution in [0.15, 0.2) is 36.4 Å². The fourth-order valence-electron chi connectivity index (χ4n) is 2.11. The normalized spacial score (nSPS) is 16.5. The molecule has 0 unspecified atom stereocenters. The van der Waals surface area contributed by atoms with Gasteiger partial charge < -0.3 is 0 Å². The van der Waals surface area contributed by atoms with Crippen LogP contribution in [0.1, 0.15) is 18.1 Å². The van der Waals surface area contributed by atoms with E-state index >= 15 is 0 Å². The van der Waals surface area contributed by atoms with Gasteiger partial charge in [0.05, 0.1) is 5.75 Å². The predicted octanol–water partition coefficient (Wildman–Crippen LogP) is 1.95. The Bertz CT molecular complexity index is 534. The lowest BCUT2D eigenvalue weighted by molar-refractivity contribution is 0.392. The lowest BCUT2D eigenvalue weighted by atomic mass is 10.0. The third kappa shape index (κ3) is 2.76. The van der Waals surface area contributed by atoms with Gasteiger partial charge in [0.25, 0.3) is 0 Å². The second-order valence-corrected chi connectivity index (χ2v) is 6.53. The summed E-state index contributed by atoms with van der Waals surface area (Å²) in [5, 5.41) is 0. The Balaban J connectivity index is 2.20. The van der Waals surface area contributed by atoms with Crippen molar-refractivity contribution in [3.05, 3.63) is 47.5 Å². The first-order valence-corrected chi connectivity index (χ1v) is 7.29. The first-order chi connectivity index (χ1) is 7.99. The van der Waals surface area contributed by atoms with Gasteiger partial charge in [-0.05, 0) is 24.5 Å². The molecule has 3 nitrogen and oxygen atoms in total. The van der Waals surface area contributed by atoms with Gasteiger partial charge in [0, 0.05) is 13.1 Å². The largest absolute Gasteiger partial charge is 0.218 e. The van der Waals surface area contributed by atoms with Crippen LogP contribution >= 0.6 is 0 Å². The molecule has 1 aromatic carbocycles. The van der Waals surface area contributed by atoms with Crippen molar-refractivity contribution in [2.24, 2.45) is 0 Å². The molecule has 1 aliphatic rings. The van der Waals surface area contributed by atoms with E-state index in [2.05, 4.69) is 12.6 Å². The summed E-state index contributed by atoms with van der Waals surface area (Å²) >= 11 is 0. The summed E-state index contributed by atoms with van der Waals surface area (Å²) in [5.74, 6) is 0.0508. The van der Waals surface area contributed by atoms with Crippen LogP contribution in [0.5, 0.6) is 0 Å². The van der Waals surface area contributed by atoms with Gasteiger partial charge in [-0.3, -0.25) is 0 Å². The van der Waals surface area contributed by atoms with Crippen LogP contribution < -0.4 is 0 Å². The molecule has 0 radical (unpaired) electrons. The van der Waals surface area contributed by atoms with Crippen LogP contribution in [0, 0.1) is 0 Å². The summed E-state index contributed by atoms with van der Waals surface area (Å²) in [5.41, 5.74) is 3.06. The Labute approximate surface area is 103 Å². The van der Waals surface area contributed by atoms with Gasteiger partial charge in [-0.15, -0.1) is 0 Å². The fraction of sp³-hybridized carbons (Fsp3) is 0.385. The Morgan fingerprint density at radius 1 is 1.35 bits per heavy atom. The first kappa shape index (κ1) is 12.3. The molecule has 1 aliphatic heterocycles. The van der Waals surface area contributed by atoms with Crippen LogP contribution in [-0.2, 0) is 23.0 Å². The molecule has 0 saturated heterocycles. The molecule has 0 spiro atoms. The summed E-state index contributed by atoms with van der Waals surface area (Å²) < 4.78 is 25.7. The molecular formula is C13H17NO2S. The average molecular weight is 251 g/mol. The Kier molecular flexibility index (Phi) is 3.35. The maximum Gasteiger partial charge on any atom is 0.218 e. The van der Waals surface area contributed by atoms with E-state index in [0.717, 1.165) is 12.0 Å². The first-order valence-electron chi connectivity index (χ1n) is 5.68. The quantitative estimate of drug-likeness (QED) is 0.770. The lowest BCUT2D eigenvalue weighted by Gasteiger charge is -2.28. The number of nitrogens with zero attached hydrogens (tertiary/aromatic N) is 1. The van der Waals surface area contributed by atoms with E-state index in [1.54, 1.807) is 11.2 Å². The predicted molar refractivity (Wildman–Crippen MR) is 69.2 cm³/mol. The second kappa shape index (κ2) is 4.63. The van der Waals surface area contributed by atoms with Gasteiger partial charge in [-0.1, -0.05) is 36.4 Å². The van der Waals surface area contributed by atoms with Crippen LogP contribution in [0.3, 0.4) is 0 Å². The maximum atomic E-state index is 12.1. The van der Waals surface area contributed by atoms with Gasteiger partial charge in [0.2, 0.25) is 10.0 Å². The summed E-state index contributed by atoms with van der Waals surface area (Å²) in [6, 6.07) is 8.01. The summed E-state index contributed by atoms with van der Waals surface area (Å²) in [6.45, 7) is 6.49. The highest BCUT2D eigenvalue weighted by molar-refractivity contribution is 7.89. The molecule has 2 rings (SSSR count). The topological polar surface area (TPSA) is 37.4 Å². The molecule has 0 fully saturated rings. The number of benzene rings is 1. The van der Waals surface area contributed by atoms with Crippen molar-refractivity contribution in [3.8, 4) is 0 Å². The Hall–Kier alpha value is -1.13. The van der Waals surface area contributed by atoms with E-state index in [9.17, 15) is 8.42 Å². The van der Waals surface area contributed by atoms with Crippen molar-refractivity contribution in [2.45, 2.75) is 19.9 Å². The molecule has 0 aliphatic carbocycles. The monoisotopic (exact) mass is 251 g/mol. The minimum absolute atomic E-state index is 0.0508. The number of hydrogen-bond acceptors (Lipinski definition) is 2. The van der Waals surface area contributed by atoms with E-state index < -0.39 is 10.0 Å². The van der Waals surface area contributed by atoms with Crippen LogP contribution in [-0.4, -0.2) is 25.0 Å². The molecule has 0 aromatic heterocycles. The molecule has 0 amide bonds. The minimum Gasteiger partial charge on any atom is -0.212 e. The molecule has 4 heteroatoms. The summed E-state index contributed by atoms with van der Waals surface area (Å²) in [7, 11) is -3.19. The molecule has 1 aromatic rings.